The second kappa shape index (κ2) is 4.75. The summed E-state index contributed by atoms with van der Waals surface area (Å²) in [7, 11) is 1.33. The van der Waals surface area contributed by atoms with Crippen LogP contribution in [0.4, 0.5) is 0 Å². The second-order valence-corrected chi connectivity index (χ2v) is 4.49. The smallest absolute Gasteiger partial charge is 0.373 e. The SMILES string of the molecule is COC(=O)c1ccc(-c2ccc(C)cc2Br)o1. The molecule has 0 bridgehead atoms. The number of benzene rings is 1. The summed E-state index contributed by atoms with van der Waals surface area (Å²) in [4.78, 5) is 11.3. The molecule has 0 spiro atoms. The molecule has 0 fully saturated rings. The van der Waals surface area contributed by atoms with Crippen molar-refractivity contribution < 1.29 is 13.9 Å². The van der Waals surface area contributed by atoms with E-state index in [2.05, 4.69) is 20.7 Å². The minimum atomic E-state index is -0.473. The summed E-state index contributed by atoms with van der Waals surface area (Å²) in [6.07, 6.45) is 0. The van der Waals surface area contributed by atoms with Gasteiger partial charge in [0.15, 0.2) is 0 Å². The Morgan fingerprint density at radius 3 is 2.71 bits per heavy atom. The van der Waals surface area contributed by atoms with Gasteiger partial charge in [0.2, 0.25) is 5.76 Å². The van der Waals surface area contributed by atoms with Gasteiger partial charge in [0.05, 0.1) is 7.11 Å². The number of carbonyl (C=O) groups is 1. The first kappa shape index (κ1) is 11.9. The fraction of sp³-hybridized carbons (Fsp3) is 0.154. The van der Waals surface area contributed by atoms with Gasteiger partial charge in [-0.15, -0.1) is 0 Å². The predicted molar refractivity (Wildman–Crippen MR) is 67.9 cm³/mol. The average Bonchev–Trinajstić information content (AvgIpc) is 2.77. The largest absolute Gasteiger partial charge is 0.463 e. The maximum atomic E-state index is 11.3. The highest BCUT2D eigenvalue weighted by Gasteiger charge is 2.13. The van der Waals surface area contributed by atoms with Crippen molar-refractivity contribution in [2.45, 2.75) is 6.92 Å². The number of ether oxygens (including phenoxy) is 1. The summed E-state index contributed by atoms with van der Waals surface area (Å²) in [6.45, 7) is 2.01. The molecule has 4 heteroatoms. The second-order valence-electron chi connectivity index (χ2n) is 3.64. The third-order valence-corrected chi connectivity index (χ3v) is 3.04. The molecule has 1 aromatic heterocycles. The number of halogens is 1. The molecular formula is C13H11BrO3. The fourth-order valence-corrected chi connectivity index (χ4v) is 2.20. The van der Waals surface area contributed by atoms with Crippen molar-refractivity contribution in [1.82, 2.24) is 0 Å². The van der Waals surface area contributed by atoms with Crippen LogP contribution in [0.25, 0.3) is 11.3 Å². The van der Waals surface area contributed by atoms with Crippen LogP contribution in [0.5, 0.6) is 0 Å². The third-order valence-electron chi connectivity index (χ3n) is 2.38. The quantitative estimate of drug-likeness (QED) is 0.791. The van der Waals surface area contributed by atoms with Crippen LogP contribution < -0.4 is 0 Å². The number of rotatable bonds is 2. The molecule has 3 nitrogen and oxygen atoms in total. The molecule has 0 amide bonds. The van der Waals surface area contributed by atoms with Crippen molar-refractivity contribution in [3.05, 3.63) is 46.1 Å². The average molecular weight is 295 g/mol. The van der Waals surface area contributed by atoms with E-state index in [1.807, 2.05) is 25.1 Å². The molecule has 0 N–H and O–H groups in total. The lowest BCUT2D eigenvalue weighted by molar-refractivity contribution is 0.0566. The Bertz CT molecular complexity index is 558. The van der Waals surface area contributed by atoms with Crippen LogP contribution in [0, 0.1) is 6.92 Å². The van der Waals surface area contributed by atoms with Gasteiger partial charge in [-0.3, -0.25) is 0 Å². The monoisotopic (exact) mass is 294 g/mol. The Balaban J connectivity index is 2.40. The highest BCUT2D eigenvalue weighted by Crippen LogP contribution is 2.30. The molecule has 88 valence electrons. The molecule has 2 aromatic rings. The van der Waals surface area contributed by atoms with Crippen molar-refractivity contribution in [1.29, 1.82) is 0 Å². The maximum Gasteiger partial charge on any atom is 0.373 e. The standard InChI is InChI=1S/C13H11BrO3/c1-8-3-4-9(10(14)7-8)11-5-6-12(17-11)13(15)16-2/h3-7H,1-2H3. The first-order valence-corrected chi connectivity index (χ1v) is 5.86. The molecule has 0 atom stereocenters. The number of esters is 1. The van der Waals surface area contributed by atoms with E-state index in [1.165, 1.54) is 7.11 Å². The lowest BCUT2D eigenvalue weighted by Crippen LogP contribution is -1.98. The van der Waals surface area contributed by atoms with E-state index < -0.39 is 5.97 Å². The van der Waals surface area contributed by atoms with E-state index in [1.54, 1.807) is 12.1 Å². The van der Waals surface area contributed by atoms with E-state index in [-0.39, 0.29) is 5.76 Å². The molecule has 17 heavy (non-hydrogen) atoms. The zero-order valence-electron chi connectivity index (χ0n) is 9.49. The number of aryl methyl sites for hydroxylation is 1. The number of hydrogen-bond donors (Lipinski definition) is 0. The summed E-state index contributed by atoms with van der Waals surface area (Å²) in [6, 6.07) is 9.28. The van der Waals surface area contributed by atoms with E-state index >= 15 is 0 Å². The van der Waals surface area contributed by atoms with E-state index in [4.69, 9.17) is 4.42 Å². The third kappa shape index (κ3) is 2.42. The van der Waals surface area contributed by atoms with Gasteiger partial charge in [0.1, 0.15) is 5.76 Å². The van der Waals surface area contributed by atoms with Crippen LogP contribution in [0.1, 0.15) is 16.1 Å². The topological polar surface area (TPSA) is 39.4 Å². The predicted octanol–water partition coefficient (Wildman–Crippen LogP) is 3.80. The van der Waals surface area contributed by atoms with Crippen molar-refractivity contribution in [3.63, 3.8) is 0 Å². The summed E-state index contributed by atoms with van der Waals surface area (Å²) >= 11 is 3.47. The number of methoxy groups -OCH3 is 1. The molecule has 0 aliphatic carbocycles. The number of carbonyl (C=O) groups excluding carboxylic acids is 1. The van der Waals surface area contributed by atoms with Crippen LogP contribution in [-0.2, 0) is 4.74 Å². The molecular weight excluding hydrogens is 284 g/mol. The molecule has 2 rings (SSSR count). The van der Waals surface area contributed by atoms with Gasteiger partial charge in [-0.2, -0.15) is 0 Å². The normalized spacial score (nSPS) is 10.3. The van der Waals surface area contributed by atoms with E-state index in [0.717, 1.165) is 15.6 Å². The molecule has 0 aliphatic rings. The molecule has 0 aliphatic heterocycles. The van der Waals surface area contributed by atoms with Crippen LogP contribution in [0.2, 0.25) is 0 Å². The van der Waals surface area contributed by atoms with E-state index in [0.29, 0.717) is 5.76 Å². The van der Waals surface area contributed by atoms with Gasteiger partial charge >= 0.3 is 5.97 Å². The van der Waals surface area contributed by atoms with Crippen LogP contribution in [0.15, 0.2) is 39.2 Å². The number of furan rings is 1. The molecule has 1 aromatic carbocycles. The Morgan fingerprint density at radius 2 is 2.06 bits per heavy atom. The van der Waals surface area contributed by atoms with Gasteiger partial charge in [0, 0.05) is 10.0 Å². The Morgan fingerprint density at radius 1 is 1.29 bits per heavy atom. The van der Waals surface area contributed by atoms with Crippen molar-refractivity contribution in [2.24, 2.45) is 0 Å². The molecule has 0 saturated carbocycles. The van der Waals surface area contributed by atoms with Crippen molar-refractivity contribution in [3.8, 4) is 11.3 Å². The molecule has 1 heterocycles. The zero-order chi connectivity index (χ0) is 12.4. The van der Waals surface area contributed by atoms with Gasteiger partial charge in [-0.05, 0) is 36.8 Å². The van der Waals surface area contributed by atoms with Crippen LogP contribution in [-0.4, -0.2) is 13.1 Å². The minimum Gasteiger partial charge on any atom is -0.463 e. The highest BCUT2D eigenvalue weighted by molar-refractivity contribution is 9.10. The van der Waals surface area contributed by atoms with E-state index in [9.17, 15) is 4.79 Å². The maximum absolute atomic E-state index is 11.3. The molecule has 0 radical (unpaired) electrons. The molecule has 0 unspecified atom stereocenters. The van der Waals surface area contributed by atoms with Crippen molar-refractivity contribution in [2.75, 3.05) is 7.11 Å². The van der Waals surface area contributed by atoms with Gasteiger partial charge in [-0.1, -0.05) is 22.0 Å². The lowest BCUT2D eigenvalue weighted by Gasteiger charge is -2.02. The summed E-state index contributed by atoms with van der Waals surface area (Å²) in [5, 5.41) is 0. The Hall–Kier alpha value is -1.55. The summed E-state index contributed by atoms with van der Waals surface area (Å²) in [5.41, 5.74) is 2.06. The highest BCUT2D eigenvalue weighted by atomic mass is 79.9. The Labute approximate surface area is 108 Å². The number of hydrogen-bond acceptors (Lipinski definition) is 3. The van der Waals surface area contributed by atoms with Gasteiger partial charge in [-0.25, -0.2) is 4.79 Å². The first-order chi connectivity index (χ1) is 8.11. The van der Waals surface area contributed by atoms with Gasteiger partial charge in [0.25, 0.3) is 0 Å². The fourth-order valence-electron chi connectivity index (χ4n) is 1.51. The first-order valence-electron chi connectivity index (χ1n) is 5.06. The minimum absolute atomic E-state index is 0.204. The molecule has 0 saturated heterocycles. The lowest BCUT2D eigenvalue weighted by atomic mass is 10.1. The van der Waals surface area contributed by atoms with Crippen molar-refractivity contribution >= 4 is 21.9 Å². The zero-order valence-corrected chi connectivity index (χ0v) is 11.1. The van der Waals surface area contributed by atoms with Crippen LogP contribution >= 0.6 is 15.9 Å². The summed E-state index contributed by atoms with van der Waals surface area (Å²) < 4.78 is 11.0. The summed E-state index contributed by atoms with van der Waals surface area (Å²) in [5.74, 6) is 0.367. The Kier molecular flexibility index (Phi) is 3.33. The van der Waals surface area contributed by atoms with Crippen LogP contribution in [0.3, 0.4) is 0 Å². The van der Waals surface area contributed by atoms with Gasteiger partial charge < -0.3 is 9.15 Å².